The first-order chi connectivity index (χ1) is 10.5. The average Bonchev–Trinajstić information content (AvgIpc) is 2.72. The van der Waals surface area contributed by atoms with E-state index in [-0.39, 0.29) is 0 Å². The highest BCUT2D eigenvalue weighted by Gasteiger charge is 2.46. The molecule has 0 unspecified atom stereocenters. The molecule has 0 radical (unpaired) electrons. The molecule has 0 saturated carbocycles. The predicted molar refractivity (Wildman–Crippen MR) is 73.5 cm³/mol. The first kappa shape index (κ1) is 23.1. The topological polar surface area (TPSA) is 82.4 Å². The van der Waals surface area contributed by atoms with Crippen LogP contribution in [0.4, 0.5) is 26.3 Å². The number of rotatable bonds is 4. The highest BCUT2D eigenvalue weighted by atomic mass is 32.3. The van der Waals surface area contributed by atoms with E-state index in [9.17, 15) is 43.2 Å². The summed E-state index contributed by atoms with van der Waals surface area (Å²) in [6.07, 6.45) is 4.85. The van der Waals surface area contributed by atoms with Crippen molar-refractivity contribution in [2.24, 2.45) is 0 Å². The molecule has 1 aliphatic rings. The zero-order chi connectivity index (χ0) is 19.4. The molecule has 1 aliphatic heterocycles. The minimum atomic E-state index is -6.72. The first-order valence-electron chi connectivity index (χ1n) is 6.29. The molecular weight excluding hydrogens is 390 g/mol. The summed E-state index contributed by atoms with van der Waals surface area (Å²) in [5.41, 5.74) is -12.4. The fourth-order valence-electron chi connectivity index (χ4n) is 1.81. The number of hydrogen-bond donors (Lipinski definition) is 0. The van der Waals surface area contributed by atoms with Crippen LogP contribution in [0.5, 0.6) is 0 Å². The molecule has 14 heteroatoms. The fourth-order valence-corrected chi connectivity index (χ4v) is 3.52. The summed E-state index contributed by atoms with van der Waals surface area (Å²) in [7, 11) is -11.1. The third-order valence-electron chi connectivity index (χ3n) is 3.00. The van der Waals surface area contributed by atoms with Gasteiger partial charge in [0.15, 0.2) is 20.0 Å². The van der Waals surface area contributed by atoms with Gasteiger partial charge in [0, 0.05) is 12.8 Å². The molecule has 0 aromatic heterocycles. The molecule has 1 fully saturated rings. The maximum atomic E-state index is 11.4. The van der Waals surface area contributed by atoms with Gasteiger partial charge in [-0.2, -0.15) is 26.3 Å². The number of quaternary nitrogens is 1. The van der Waals surface area contributed by atoms with Gasteiger partial charge in [0.25, 0.3) is 0 Å². The van der Waals surface area contributed by atoms with Crippen molar-refractivity contribution >= 4 is 20.0 Å². The van der Waals surface area contributed by atoms with Crippen LogP contribution >= 0.6 is 0 Å². The Morgan fingerprint density at radius 2 is 1.29 bits per heavy atom. The summed E-state index contributed by atoms with van der Waals surface area (Å²) in [5, 5.41) is 0. The van der Waals surface area contributed by atoms with E-state index < -0.39 is 31.1 Å². The molecule has 0 N–H and O–H groups in total. The lowest BCUT2D eigenvalue weighted by molar-refractivity contribution is -0.891. The lowest BCUT2D eigenvalue weighted by atomic mass is 10.4. The highest BCUT2D eigenvalue weighted by Crippen LogP contribution is 2.36. The smallest absolute Gasteiger partial charge is 0.421 e. The maximum Gasteiger partial charge on any atom is 0.480 e. The normalized spacial score (nSPS) is 18.6. The Balaban J connectivity index is 0.000000496. The van der Waals surface area contributed by atoms with Crippen LogP contribution in [0.25, 0.3) is 4.13 Å². The van der Waals surface area contributed by atoms with Crippen LogP contribution in [0.3, 0.4) is 0 Å². The molecule has 6 nitrogen and oxygen atoms in total. The summed E-state index contributed by atoms with van der Waals surface area (Å²) >= 11 is 0. The molecule has 1 rings (SSSR count). The second kappa shape index (κ2) is 7.58. The van der Waals surface area contributed by atoms with Crippen LogP contribution in [-0.2, 0) is 20.0 Å². The van der Waals surface area contributed by atoms with Gasteiger partial charge >= 0.3 is 11.0 Å². The summed E-state index contributed by atoms with van der Waals surface area (Å²) in [4.78, 5) is 0. The number of alkyl halides is 6. The minimum absolute atomic E-state index is 0.778. The molecule has 144 valence electrons. The van der Waals surface area contributed by atoms with Gasteiger partial charge in [-0.25, -0.2) is 16.8 Å². The molecule has 1 saturated heterocycles. The van der Waals surface area contributed by atoms with Crippen LogP contribution in [0.1, 0.15) is 12.8 Å². The van der Waals surface area contributed by atoms with Gasteiger partial charge in [0.05, 0.1) is 26.7 Å². The Bertz CT molecular complexity index is 591. The summed E-state index contributed by atoms with van der Waals surface area (Å²) < 4.78 is 110. The van der Waals surface area contributed by atoms with Crippen LogP contribution in [-0.4, -0.2) is 59.0 Å². The highest BCUT2D eigenvalue weighted by molar-refractivity contribution is 8.13. The van der Waals surface area contributed by atoms with E-state index >= 15 is 0 Å². The molecule has 0 bridgehead atoms. The van der Waals surface area contributed by atoms with Crippen LogP contribution < -0.4 is 0 Å². The number of likely N-dealkylation sites (N-methyl/N-ethyl adjacent to an activating group) is 1. The molecule has 1 heterocycles. The van der Waals surface area contributed by atoms with Crippen molar-refractivity contribution in [2.45, 2.75) is 23.9 Å². The second-order valence-electron chi connectivity index (χ2n) is 5.16. The van der Waals surface area contributed by atoms with Crippen molar-refractivity contribution in [1.29, 1.82) is 0 Å². The van der Waals surface area contributed by atoms with Crippen molar-refractivity contribution < 1.29 is 47.7 Å². The van der Waals surface area contributed by atoms with E-state index in [1.54, 1.807) is 0 Å². The Morgan fingerprint density at radius 1 is 0.958 bits per heavy atom. The number of sulfonamides is 2. The van der Waals surface area contributed by atoms with Gasteiger partial charge in [0.2, 0.25) is 0 Å². The quantitative estimate of drug-likeness (QED) is 0.408. The summed E-state index contributed by atoms with van der Waals surface area (Å²) in [6.45, 7) is 7.61. The first-order valence-corrected chi connectivity index (χ1v) is 9.17. The number of halogens is 6. The molecule has 0 atom stereocenters. The van der Waals surface area contributed by atoms with Gasteiger partial charge in [-0.3, -0.25) is 0 Å². The Hall–Kier alpha value is -0.860. The van der Waals surface area contributed by atoms with Gasteiger partial charge < -0.3 is 8.61 Å². The van der Waals surface area contributed by atoms with Gasteiger partial charge in [0.1, 0.15) is 0 Å². The predicted octanol–water partition coefficient (Wildman–Crippen LogP) is 2.47. The number of nitrogens with zero attached hydrogens (tertiary/aromatic N) is 2. The zero-order valence-electron chi connectivity index (χ0n) is 12.4. The van der Waals surface area contributed by atoms with Crippen LogP contribution in [0.2, 0.25) is 0 Å². The Labute approximate surface area is 135 Å². The molecule has 0 amide bonds. The lowest BCUT2D eigenvalue weighted by Crippen LogP contribution is -2.40. The molecule has 0 aromatic rings. The Morgan fingerprint density at radius 3 is 1.54 bits per heavy atom. The largest absolute Gasteiger partial charge is 0.480 e. The summed E-state index contributed by atoms with van der Waals surface area (Å²) in [6, 6.07) is 0. The van der Waals surface area contributed by atoms with Crippen LogP contribution in [0.15, 0.2) is 12.7 Å². The molecule has 0 aromatic carbocycles. The van der Waals surface area contributed by atoms with Crippen molar-refractivity contribution in [3.8, 4) is 0 Å². The van der Waals surface area contributed by atoms with Gasteiger partial charge in [-0.05, 0) is 6.08 Å². The third-order valence-corrected chi connectivity index (χ3v) is 5.74. The van der Waals surface area contributed by atoms with E-state index in [1.807, 2.05) is 6.08 Å². The molecule has 0 spiro atoms. The maximum absolute atomic E-state index is 11.4. The van der Waals surface area contributed by atoms with Gasteiger partial charge in [-0.1, -0.05) is 6.58 Å². The summed E-state index contributed by atoms with van der Waals surface area (Å²) in [5.74, 6) is 0. The third kappa shape index (κ3) is 6.57. The van der Waals surface area contributed by atoms with Crippen LogP contribution in [0, 0.1) is 0 Å². The van der Waals surface area contributed by atoms with Crippen molar-refractivity contribution in [3.05, 3.63) is 16.8 Å². The van der Waals surface area contributed by atoms with E-state index in [0.29, 0.717) is 0 Å². The minimum Gasteiger partial charge on any atom is -0.421 e. The Kier molecular flexibility index (Phi) is 7.30. The van der Waals surface area contributed by atoms with Gasteiger partial charge in [-0.15, -0.1) is 0 Å². The second-order valence-corrected chi connectivity index (χ2v) is 8.58. The number of likely N-dealkylation sites (tertiary alicyclic amines) is 1. The van der Waals surface area contributed by atoms with E-state index in [4.69, 9.17) is 0 Å². The standard InChI is InChI=1S/C8H16N.C2F6NO4S2/c1-3-6-9(2)7-4-5-8-9;3-1(4,5)14(10,11)9-15(12,13)2(6,7)8/h3H,1,4-8H2,2H3;/q+1;-1. The van der Waals surface area contributed by atoms with E-state index in [1.165, 1.54) is 30.4 Å². The molecule has 24 heavy (non-hydrogen) atoms. The fraction of sp³-hybridized carbons (Fsp3) is 0.800. The van der Waals surface area contributed by atoms with Crippen molar-refractivity contribution in [1.82, 2.24) is 0 Å². The lowest BCUT2D eigenvalue weighted by Gasteiger charge is -2.27. The monoisotopic (exact) mass is 406 g/mol. The van der Waals surface area contributed by atoms with E-state index in [0.717, 1.165) is 10.7 Å². The van der Waals surface area contributed by atoms with Crippen molar-refractivity contribution in [3.63, 3.8) is 0 Å². The van der Waals surface area contributed by atoms with E-state index in [2.05, 4.69) is 13.6 Å². The zero-order valence-corrected chi connectivity index (χ0v) is 14.1. The average molecular weight is 406 g/mol. The molecular formula is C10H16F6N2O4S2. The number of hydrogen-bond acceptors (Lipinski definition) is 4. The molecule has 0 aliphatic carbocycles. The SMILES string of the molecule is C=CC[N+]1(C)CCCC1.O=S(=O)([N-]S(=O)(=O)C(F)(F)F)C(F)(F)F. The van der Waals surface area contributed by atoms with Crippen molar-refractivity contribution in [2.75, 3.05) is 26.7 Å².